The first kappa shape index (κ1) is 18.6. The van der Waals surface area contributed by atoms with Crippen molar-refractivity contribution < 1.29 is 45.0 Å². The minimum atomic E-state index is -2.27. The fourth-order valence-corrected chi connectivity index (χ4v) is 0.338. The first-order valence-corrected chi connectivity index (χ1v) is 4.63. The fourth-order valence-electron chi connectivity index (χ4n) is 0.338. The van der Waals surface area contributed by atoms with E-state index in [-0.39, 0.29) is 6.61 Å². The van der Waals surface area contributed by atoms with Crippen molar-refractivity contribution in [1.82, 2.24) is 0 Å². The van der Waals surface area contributed by atoms with Crippen LogP contribution in [0, 0.1) is 5.41 Å². The van der Waals surface area contributed by atoms with Gasteiger partial charge in [-0.2, -0.15) is 0 Å². The lowest BCUT2D eigenvalue weighted by molar-refractivity contribution is -0.165. The molecule has 0 radical (unpaired) electrons. The van der Waals surface area contributed by atoms with Crippen molar-refractivity contribution >= 4 is 17.9 Å². The van der Waals surface area contributed by atoms with Crippen LogP contribution in [0.25, 0.3) is 0 Å². The highest BCUT2D eigenvalue weighted by Gasteiger charge is 2.29. The van der Waals surface area contributed by atoms with Gasteiger partial charge in [-0.05, 0) is 13.8 Å². The van der Waals surface area contributed by atoms with Crippen LogP contribution in [0.2, 0.25) is 0 Å². The van der Waals surface area contributed by atoms with Crippen molar-refractivity contribution in [3.8, 4) is 0 Å². The van der Waals surface area contributed by atoms with E-state index in [0.717, 1.165) is 0 Å². The highest BCUT2D eigenvalue weighted by atomic mass is 16.4. The van der Waals surface area contributed by atoms with Gasteiger partial charge < -0.3 is 30.6 Å². The lowest BCUT2D eigenvalue weighted by Gasteiger charge is -2.13. The summed E-state index contributed by atoms with van der Waals surface area (Å²) in [5, 5.41) is 49.2. The van der Waals surface area contributed by atoms with Crippen molar-refractivity contribution in [2.45, 2.75) is 26.1 Å². The third-order valence-corrected chi connectivity index (χ3v) is 1.78. The fraction of sp³-hybridized carbons (Fsp3) is 0.667. The molecule has 2 unspecified atom stereocenters. The van der Waals surface area contributed by atoms with Gasteiger partial charge in [0, 0.05) is 0 Å². The van der Waals surface area contributed by atoms with E-state index in [1.807, 2.05) is 0 Å². The Hall–Kier alpha value is -1.71. The molecule has 6 N–H and O–H groups in total. The minimum absolute atomic E-state index is 0.317. The molecule has 0 aliphatic rings. The molecule has 0 aromatic carbocycles. The van der Waals surface area contributed by atoms with Gasteiger partial charge in [0.1, 0.15) is 0 Å². The number of hydrogen-bond acceptors (Lipinski definition) is 6. The first-order valence-electron chi connectivity index (χ1n) is 4.63. The molecule has 106 valence electrons. The maximum absolute atomic E-state index is 10.1. The smallest absolute Gasteiger partial charge is 0.335 e. The van der Waals surface area contributed by atoms with Crippen LogP contribution in [0.5, 0.6) is 0 Å². The van der Waals surface area contributed by atoms with E-state index in [4.69, 9.17) is 30.6 Å². The molecule has 0 aliphatic heterocycles. The molecule has 9 heteroatoms. The van der Waals surface area contributed by atoms with Gasteiger partial charge in [0.25, 0.3) is 0 Å². The van der Waals surface area contributed by atoms with Crippen molar-refractivity contribution in [2.75, 3.05) is 6.61 Å². The molecular weight excluding hydrogens is 252 g/mol. The molecule has 0 aromatic rings. The van der Waals surface area contributed by atoms with Crippen LogP contribution in [0.4, 0.5) is 0 Å². The lowest BCUT2D eigenvalue weighted by atomic mass is 9.96. The topological polar surface area (TPSA) is 173 Å². The Morgan fingerprint density at radius 3 is 1.28 bits per heavy atom. The van der Waals surface area contributed by atoms with E-state index >= 15 is 0 Å². The van der Waals surface area contributed by atoms with E-state index in [1.54, 1.807) is 0 Å². The summed E-state index contributed by atoms with van der Waals surface area (Å²) in [6.45, 7) is 2.62. The second-order valence-corrected chi connectivity index (χ2v) is 3.91. The highest BCUT2D eigenvalue weighted by Crippen LogP contribution is 2.12. The van der Waals surface area contributed by atoms with Crippen molar-refractivity contribution in [3.05, 3.63) is 0 Å². The highest BCUT2D eigenvalue weighted by molar-refractivity contribution is 5.83. The third kappa shape index (κ3) is 6.78. The average molecular weight is 268 g/mol. The molecule has 2 atom stereocenters. The predicted molar refractivity (Wildman–Crippen MR) is 55.8 cm³/mol. The summed E-state index contributed by atoms with van der Waals surface area (Å²) >= 11 is 0. The Balaban J connectivity index is 0. The van der Waals surface area contributed by atoms with Crippen molar-refractivity contribution in [2.24, 2.45) is 5.41 Å². The Morgan fingerprint density at radius 2 is 1.22 bits per heavy atom. The third-order valence-electron chi connectivity index (χ3n) is 1.78. The second kappa shape index (κ2) is 7.58. The molecule has 0 bridgehead atoms. The minimum Gasteiger partial charge on any atom is -0.481 e. The number of hydrogen-bond donors (Lipinski definition) is 6. The predicted octanol–water partition coefficient (Wildman–Crippen LogP) is -2.03. The SMILES string of the molecule is CC(C)(CO)C(=O)O.O=C(O)C(O)C(O)C(=O)O. The molecule has 0 rings (SSSR count). The number of aliphatic hydroxyl groups excluding tert-OH is 3. The molecule has 0 spiro atoms. The quantitative estimate of drug-likeness (QED) is 0.328. The van der Waals surface area contributed by atoms with Crippen LogP contribution in [0.3, 0.4) is 0 Å². The van der Waals surface area contributed by atoms with E-state index in [9.17, 15) is 14.4 Å². The van der Waals surface area contributed by atoms with Crippen LogP contribution < -0.4 is 0 Å². The van der Waals surface area contributed by atoms with Crippen LogP contribution in [-0.2, 0) is 14.4 Å². The van der Waals surface area contributed by atoms with Crippen LogP contribution in [-0.4, -0.2) is 67.4 Å². The van der Waals surface area contributed by atoms with Crippen molar-refractivity contribution in [3.63, 3.8) is 0 Å². The number of rotatable bonds is 5. The van der Waals surface area contributed by atoms with Gasteiger partial charge in [0.2, 0.25) is 0 Å². The maximum atomic E-state index is 10.1. The van der Waals surface area contributed by atoms with E-state index in [1.165, 1.54) is 13.8 Å². The molecule has 0 fully saturated rings. The number of aliphatic hydroxyl groups is 3. The van der Waals surface area contributed by atoms with Gasteiger partial charge in [-0.25, -0.2) is 9.59 Å². The second-order valence-electron chi connectivity index (χ2n) is 3.91. The van der Waals surface area contributed by atoms with Crippen LogP contribution in [0.15, 0.2) is 0 Å². The maximum Gasteiger partial charge on any atom is 0.335 e. The Labute approximate surface area is 102 Å². The monoisotopic (exact) mass is 268 g/mol. The first-order chi connectivity index (χ1) is 7.97. The summed E-state index contributed by atoms with van der Waals surface area (Å²) in [5.41, 5.74) is -0.986. The largest absolute Gasteiger partial charge is 0.481 e. The Morgan fingerprint density at radius 1 is 0.944 bits per heavy atom. The van der Waals surface area contributed by atoms with Gasteiger partial charge in [0.05, 0.1) is 12.0 Å². The van der Waals surface area contributed by atoms with Crippen LogP contribution in [0.1, 0.15) is 13.8 Å². The summed E-state index contributed by atoms with van der Waals surface area (Å²) in [7, 11) is 0. The van der Waals surface area contributed by atoms with Gasteiger partial charge in [-0.15, -0.1) is 0 Å². The number of carbonyl (C=O) groups is 3. The Bertz CT molecular complexity index is 291. The normalized spacial score (nSPS) is 13.8. The number of aliphatic carboxylic acids is 3. The summed E-state index contributed by atoms with van der Waals surface area (Å²) in [4.78, 5) is 29.6. The van der Waals surface area contributed by atoms with E-state index in [2.05, 4.69) is 0 Å². The van der Waals surface area contributed by atoms with Gasteiger partial charge in [-0.3, -0.25) is 4.79 Å². The van der Waals surface area contributed by atoms with Crippen molar-refractivity contribution in [1.29, 1.82) is 0 Å². The lowest BCUT2D eigenvalue weighted by Crippen LogP contribution is -2.39. The molecular formula is C9H16O9. The van der Waals surface area contributed by atoms with Gasteiger partial charge >= 0.3 is 17.9 Å². The summed E-state index contributed by atoms with van der Waals surface area (Å²) < 4.78 is 0. The average Bonchev–Trinajstić information content (AvgIpc) is 2.27. The molecule has 18 heavy (non-hydrogen) atoms. The zero-order valence-corrected chi connectivity index (χ0v) is 9.77. The zero-order valence-electron chi connectivity index (χ0n) is 9.77. The summed E-state index contributed by atoms with van der Waals surface area (Å²) in [6, 6.07) is 0. The Kier molecular flexibility index (Phi) is 7.86. The molecule has 0 heterocycles. The summed E-state index contributed by atoms with van der Waals surface area (Å²) in [5.74, 6) is -4.51. The molecule has 9 nitrogen and oxygen atoms in total. The van der Waals surface area contributed by atoms with E-state index in [0.29, 0.717) is 0 Å². The molecule has 0 aromatic heterocycles. The van der Waals surface area contributed by atoms with E-state index < -0.39 is 35.5 Å². The zero-order chi connectivity index (χ0) is 15.1. The molecule has 0 saturated carbocycles. The van der Waals surface area contributed by atoms with Gasteiger partial charge in [-0.1, -0.05) is 0 Å². The molecule has 0 saturated heterocycles. The number of carboxylic acids is 3. The molecule has 0 amide bonds. The summed E-state index contributed by atoms with van der Waals surface area (Å²) in [6.07, 6.45) is -4.53. The molecule has 0 aliphatic carbocycles. The van der Waals surface area contributed by atoms with Crippen LogP contribution >= 0.6 is 0 Å². The standard InChI is InChI=1S/C5H10O3.C4H6O6/c1-5(2,3-6)4(7)8;5-1(3(7)8)2(6)4(9)10/h6H,3H2,1-2H3,(H,7,8);1-2,5-6H,(H,7,8)(H,9,10). The number of carboxylic acid groups (broad SMARTS) is 3. The van der Waals surface area contributed by atoms with Gasteiger partial charge in [0.15, 0.2) is 12.2 Å².